The van der Waals surface area contributed by atoms with Crippen molar-refractivity contribution in [2.24, 2.45) is 5.92 Å². The minimum absolute atomic E-state index is 0.00866. The summed E-state index contributed by atoms with van der Waals surface area (Å²) in [4.78, 5) is 23.5. The zero-order valence-electron chi connectivity index (χ0n) is 11.0. The minimum atomic E-state index is -0.123. The number of hydrogen-bond acceptors (Lipinski definition) is 2. The van der Waals surface area contributed by atoms with Crippen LogP contribution in [0.25, 0.3) is 0 Å². The van der Waals surface area contributed by atoms with E-state index in [-0.39, 0.29) is 29.8 Å². The Bertz CT molecular complexity index is 523. The monoisotopic (exact) mass is 258 g/mol. The molecule has 0 spiro atoms. The molecule has 100 valence electrons. The summed E-state index contributed by atoms with van der Waals surface area (Å²) in [7, 11) is 0. The van der Waals surface area contributed by atoms with Crippen molar-refractivity contribution in [3.63, 3.8) is 0 Å². The lowest BCUT2D eigenvalue weighted by Gasteiger charge is -2.22. The Morgan fingerprint density at radius 3 is 2.74 bits per heavy atom. The Hall–Kier alpha value is -1.84. The second-order valence-corrected chi connectivity index (χ2v) is 5.50. The number of benzene rings is 1. The molecule has 1 aromatic carbocycles. The number of nitrogens with one attached hydrogen (secondary N) is 2. The molecule has 0 bridgehead atoms. The fraction of sp³-hybridized carbons (Fsp3) is 0.467. The molecule has 1 aliphatic carbocycles. The van der Waals surface area contributed by atoms with Crippen molar-refractivity contribution in [3.05, 3.63) is 35.4 Å². The van der Waals surface area contributed by atoms with Gasteiger partial charge in [0.2, 0.25) is 11.8 Å². The van der Waals surface area contributed by atoms with Gasteiger partial charge in [-0.15, -0.1) is 0 Å². The molecule has 4 heteroatoms. The normalized spacial score (nSPS) is 26.1. The summed E-state index contributed by atoms with van der Waals surface area (Å²) < 4.78 is 0. The first-order valence-corrected chi connectivity index (χ1v) is 6.80. The van der Waals surface area contributed by atoms with Gasteiger partial charge in [-0.1, -0.05) is 24.3 Å². The second kappa shape index (κ2) is 4.68. The van der Waals surface area contributed by atoms with Crippen LogP contribution in [0.2, 0.25) is 0 Å². The van der Waals surface area contributed by atoms with Gasteiger partial charge in [-0.05, 0) is 30.9 Å². The predicted molar refractivity (Wildman–Crippen MR) is 71.3 cm³/mol. The number of amides is 2. The van der Waals surface area contributed by atoms with Gasteiger partial charge in [0.05, 0.1) is 12.1 Å². The third kappa shape index (κ3) is 2.48. The fourth-order valence-corrected chi connectivity index (χ4v) is 2.66. The van der Waals surface area contributed by atoms with Crippen molar-refractivity contribution >= 4 is 11.8 Å². The van der Waals surface area contributed by atoms with Crippen molar-refractivity contribution in [1.29, 1.82) is 0 Å². The molecule has 1 aromatic rings. The van der Waals surface area contributed by atoms with Crippen LogP contribution in [0.5, 0.6) is 0 Å². The summed E-state index contributed by atoms with van der Waals surface area (Å²) in [6, 6.07) is 7.76. The minimum Gasteiger partial charge on any atom is -0.350 e. The smallest absolute Gasteiger partial charge is 0.223 e. The summed E-state index contributed by atoms with van der Waals surface area (Å²) in [6.07, 6.45) is 2.33. The Morgan fingerprint density at radius 1 is 1.32 bits per heavy atom. The van der Waals surface area contributed by atoms with Crippen LogP contribution < -0.4 is 10.6 Å². The van der Waals surface area contributed by atoms with Crippen LogP contribution in [-0.2, 0) is 9.59 Å². The number of carbonyl (C=O) groups is 2. The number of carbonyl (C=O) groups excluding carboxylic acids is 2. The third-order valence-corrected chi connectivity index (χ3v) is 3.92. The molecule has 0 radical (unpaired) electrons. The molecule has 2 unspecified atom stereocenters. The average Bonchev–Trinajstić information content (AvgIpc) is 3.16. The molecule has 2 amide bonds. The van der Waals surface area contributed by atoms with E-state index in [1.54, 1.807) is 0 Å². The molecule has 0 aromatic heterocycles. The van der Waals surface area contributed by atoms with E-state index in [0.29, 0.717) is 6.42 Å². The largest absolute Gasteiger partial charge is 0.350 e. The summed E-state index contributed by atoms with van der Waals surface area (Å²) in [5.41, 5.74) is 2.23. The lowest BCUT2D eigenvalue weighted by molar-refractivity contribution is -0.123. The van der Waals surface area contributed by atoms with E-state index in [1.165, 1.54) is 0 Å². The Kier molecular flexibility index (Phi) is 3.01. The first-order valence-electron chi connectivity index (χ1n) is 6.80. The zero-order chi connectivity index (χ0) is 13.4. The molecule has 2 atom stereocenters. The molecule has 19 heavy (non-hydrogen) atoms. The van der Waals surface area contributed by atoms with Crippen LogP contribution >= 0.6 is 0 Å². The molecule has 3 rings (SSSR count). The maximum absolute atomic E-state index is 11.9. The van der Waals surface area contributed by atoms with Crippen LogP contribution in [0.1, 0.15) is 36.4 Å². The molecule has 2 fully saturated rings. The van der Waals surface area contributed by atoms with Crippen LogP contribution in [-0.4, -0.2) is 17.9 Å². The van der Waals surface area contributed by atoms with Gasteiger partial charge >= 0.3 is 0 Å². The quantitative estimate of drug-likeness (QED) is 0.862. The van der Waals surface area contributed by atoms with Gasteiger partial charge in [0.25, 0.3) is 0 Å². The predicted octanol–water partition coefficient (Wildman–Crippen LogP) is 1.45. The van der Waals surface area contributed by atoms with Gasteiger partial charge in [-0.3, -0.25) is 9.59 Å². The highest BCUT2D eigenvalue weighted by molar-refractivity contribution is 5.85. The van der Waals surface area contributed by atoms with Gasteiger partial charge in [-0.2, -0.15) is 0 Å². The Morgan fingerprint density at radius 2 is 2.05 bits per heavy atom. The highest BCUT2D eigenvalue weighted by Crippen LogP contribution is 2.31. The first kappa shape index (κ1) is 12.2. The molecule has 1 aliphatic heterocycles. The average molecular weight is 258 g/mol. The summed E-state index contributed by atoms with van der Waals surface area (Å²) in [5, 5.41) is 6.00. The second-order valence-electron chi connectivity index (χ2n) is 5.50. The first-order chi connectivity index (χ1) is 9.15. The Labute approximate surface area is 112 Å². The van der Waals surface area contributed by atoms with E-state index in [1.807, 2.05) is 31.2 Å². The molecular weight excluding hydrogens is 240 g/mol. The highest BCUT2D eigenvalue weighted by Gasteiger charge is 2.38. The molecule has 1 saturated heterocycles. The van der Waals surface area contributed by atoms with Crippen LogP contribution in [0, 0.1) is 12.8 Å². The maximum Gasteiger partial charge on any atom is 0.223 e. The molecule has 2 N–H and O–H groups in total. The van der Waals surface area contributed by atoms with Crippen LogP contribution in [0.15, 0.2) is 24.3 Å². The molecule has 1 heterocycles. The third-order valence-electron chi connectivity index (χ3n) is 3.92. The number of rotatable bonds is 3. The van der Waals surface area contributed by atoms with Gasteiger partial charge < -0.3 is 10.6 Å². The van der Waals surface area contributed by atoms with Crippen molar-refractivity contribution in [3.8, 4) is 0 Å². The topological polar surface area (TPSA) is 58.2 Å². The molecule has 4 nitrogen and oxygen atoms in total. The lowest BCUT2D eigenvalue weighted by Crippen LogP contribution is -2.39. The van der Waals surface area contributed by atoms with Gasteiger partial charge in [0, 0.05) is 12.3 Å². The maximum atomic E-state index is 11.9. The van der Waals surface area contributed by atoms with E-state index < -0.39 is 0 Å². The van der Waals surface area contributed by atoms with E-state index in [9.17, 15) is 9.59 Å². The summed E-state index contributed by atoms with van der Waals surface area (Å²) >= 11 is 0. The van der Waals surface area contributed by atoms with E-state index in [0.717, 1.165) is 24.0 Å². The summed E-state index contributed by atoms with van der Waals surface area (Å²) in [6.45, 7) is 2.03. The van der Waals surface area contributed by atoms with E-state index in [2.05, 4.69) is 10.6 Å². The number of aryl methyl sites for hydroxylation is 1. The SMILES string of the molecule is Cc1ccccc1C1NC(=O)CC1NC(=O)C1CC1. The Balaban J connectivity index is 1.80. The highest BCUT2D eigenvalue weighted by atomic mass is 16.2. The molecular formula is C15H18N2O2. The van der Waals surface area contributed by atoms with Gasteiger partial charge in [-0.25, -0.2) is 0 Å². The van der Waals surface area contributed by atoms with E-state index in [4.69, 9.17) is 0 Å². The van der Waals surface area contributed by atoms with E-state index >= 15 is 0 Å². The van der Waals surface area contributed by atoms with Crippen LogP contribution in [0.4, 0.5) is 0 Å². The van der Waals surface area contributed by atoms with Crippen molar-refractivity contribution in [2.75, 3.05) is 0 Å². The molecule has 2 aliphatic rings. The van der Waals surface area contributed by atoms with Crippen molar-refractivity contribution in [2.45, 2.75) is 38.3 Å². The van der Waals surface area contributed by atoms with Crippen molar-refractivity contribution in [1.82, 2.24) is 10.6 Å². The van der Waals surface area contributed by atoms with Gasteiger partial charge in [0.1, 0.15) is 0 Å². The van der Waals surface area contributed by atoms with Crippen molar-refractivity contribution < 1.29 is 9.59 Å². The fourth-order valence-electron chi connectivity index (χ4n) is 2.66. The number of hydrogen-bond donors (Lipinski definition) is 2. The zero-order valence-corrected chi connectivity index (χ0v) is 11.0. The van der Waals surface area contributed by atoms with Gasteiger partial charge in [0.15, 0.2) is 0 Å². The lowest BCUT2D eigenvalue weighted by atomic mass is 9.96. The summed E-state index contributed by atoms with van der Waals surface area (Å²) in [5.74, 6) is 0.280. The molecule has 1 saturated carbocycles. The standard InChI is InChI=1S/C15H18N2O2/c1-9-4-2-3-5-11(9)14-12(8-13(18)17-14)16-15(19)10-6-7-10/h2-5,10,12,14H,6-8H2,1H3,(H,16,19)(H,17,18). The van der Waals surface area contributed by atoms with Crippen LogP contribution in [0.3, 0.4) is 0 Å².